The van der Waals surface area contributed by atoms with Crippen LogP contribution in [-0.4, -0.2) is 20.8 Å². The van der Waals surface area contributed by atoms with E-state index in [0.29, 0.717) is 23.6 Å². The van der Waals surface area contributed by atoms with Crippen molar-refractivity contribution in [1.29, 1.82) is 0 Å². The Bertz CT molecular complexity index is 1120. The van der Waals surface area contributed by atoms with Crippen molar-refractivity contribution >= 4 is 22.6 Å². The molecule has 0 bridgehead atoms. The summed E-state index contributed by atoms with van der Waals surface area (Å²) in [4.78, 5) is 24.1. The molecule has 132 valence electrons. The minimum Gasteiger partial charge on any atom is -0.467 e. The number of anilines is 1. The highest BCUT2D eigenvalue weighted by Gasteiger charge is 2.34. The van der Waals surface area contributed by atoms with Crippen LogP contribution in [0.25, 0.3) is 11.0 Å². The van der Waals surface area contributed by atoms with Gasteiger partial charge in [-0.3, -0.25) is 9.78 Å². The Morgan fingerprint density at radius 3 is 2.67 bits per heavy atom. The topological polar surface area (TPSA) is 71.3 Å². The molecule has 0 unspecified atom stereocenters. The van der Waals surface area contributed by atoms with Gasteiger partial charge >= 0.3 is 0 Å². The van der Waals surface area contributed by atoms with Crippen LogP contribution in [-0.2, 0) is 6.54 Å². The Balaban J connectivity index is 1.61. The predicted molar refractivity (Wildman–Crippen MR) is 101 cm³/mol. The highest BCUT2D eigenvalue weighted by molar-refractivity contribution is 6.01. The molecule has 4 aromatic rings. The van der Waals surface area contributed by atoms with Crippen molar-refractivity contribution in [3.05, 3.63) is 90.1 Å². The fourth-order valence-electron chi connectivity index (χ4n) is 3.36. The van der Waals surface area contributed by atoms with Crippen molar-refractivity contribution in [1.82, 2.24) is 14.9 Å². The lowest BCUT2D eigenvalue weighted by Gasteiger charge is -2.36. The molecule has 6 nitrogen and oxygen atoms in total. The minimum atomic E-state index is -0.436. The lowest BCUT2D eigenvalue weighted by molar-refractivity contribution is 0.0647. The summed E-state index contributed by atoms with van der Waals surface area (Å²) in [6, 6.07) is 18.9. The maximum atomic E-state index is 13.2. The molecule has 1 N–H and O–H groups in total. The molecule has 1 atom stereocenters. The number of hydrogen-bond donors (Lipinski definition) is 1. The molecule has 5 rings (SSSR count). The average molecular weight is 356 g/mol. The third-order valence-corrected chi connectivity index (χ3v) is 4.68. The quantitative estimate of drug-likeness (QED) is 0.601. The van der Waals surface area contributed by atoms with Gasteiger partial charge in [-0.05, 0) is 36.4 Å². The van der Waals surface area contributed by atoms with E-state index in [4.69, 9.17) is 9.40 Å². The molecule has 0 aliphatic carbocycles. The van der Waals surface area contributed by atoms with Gasteiger partial charge in [0.05, 0.1) is 35.6 Å². The van der Waals surface area contributed by atoms with E-state index < -0.39 is 6.17 Å². The molecule has 1 aliphatic heterocycles. The van der Waals surface area contributed by atoms with E-state index in [1.807, 2.05) is 60.7 Å². The number of aromatic nitrogens is 2. The van der Waals surface area contributed by atoms with E-state index in [9.17, 15) is 4.79 Å². The van der Waals surface area contributed by atoms with Crippen LogP contribution in [0.1, 0.15) is 28.0 Å². The molecule has 1 aliphatic rings. The Morgan fingerprint density at radius 2 is 1.81 bits per heavy atom. The highest BCUT2D eigenvalue weighted by Crippen LogP contribution is 2.33. The number of rotatable bonds is 3. The van der Waals surface area contributed by atoms with Crippen LogP contribution in [0.4, 0.5) is 5.69 Å². The van der Waals surface area contributed by atoms with Gasteiger partial charge in [-0.2, -0.15) is 0 Å². The fraction of sp³-hybridized carbons (Fsp3) is 0.0952. The standard InChI is InChI=1S/C21H16N4O2/c26-21-15-7-1-2-8-16(15)24-20(25(21)13-14-6-5-11-27-14)19-12-22-17-9-3-4-10-18(17)23-19/h1-12,20,24H,13H2/t20-/m0/s1. The van der Waals surface area contributed by atoms with E-state index in [1.165, 1.54) is 0 Å². The zero-order chi connectivity index (χ0) is 18.2. The number of amides is 1. The molecule has 1 amide bonds. The molecule has 3 heterocycles. The second-order valence-electron chi connectivity index (χ2n) is 6.39. The number of para-hydroxylation sites is 3. The number of carbonyl (C=O) groups is 1. The van der Waals surface area contributed by atoms with Gasteiger partial charge in [0.2, 0.25) is 0 Å². The summed E-state index contributed by atoms with van der Waals surface area (Å²) in [6.45, 7) is 0.340. The van der Waals surface area contributed by atoms with Gasteiger partial charge in [-0.15, -0.1) is 0 Å². The maximum absolute atomic E-state index is 13.2. The van der Waals surface area contributed by atoms with Crippen LogP contribution in [0.15, 0.2) is 77.5 Å². The minimum absolute atomic E-state index is 0.0688. The van der Waals surface area contributed by atoms with Crippen molar-refractivity contribution < 1.29 is 9.21 Å². The third kappa shape index (κ3) is 2.71. The Kier molecular flexibility index (Phi) is 3.60. The second kappa shape index (κ2) is 6.25. The first kappa shape index (κ1) is 15.6. The van der Waals surface area contributed by atoms with Crippen molar-refractivity contribution in [2.24, 2.45) is 0 Å². The molecule has 6 heteroatoms. The van der Waals surface area contributed by atoms with E-state index >= 15 is 0 Å². The van der Waals surface area contributed by atoms with Gasteiger partial charge in [-0.1, -0.05) is 24.3 Å². The normalized spacial score (nSPS) is 16.2. The van der Waals surface area contributed by atoms with Crippen molar-refractivity contribution in [3.8, 4) is 0 Å². The Morgan fingerprint density at radius 1 is 1.00 bits per heavy atom. The summed E-state index contributed by atoms with van der Waals surface area (Å²) < 4.78 is 5.47. The van der Waals surface area contributed by atoms with Crippen LogP contribution in [0, 0.1) is 0 Å². The maximum Gasteiger partial charge on any atom is 0.258 e. The summed E-state index contributed by atoms with van der Waals surface area (Å²) in [7, 11) is 0. The first-order valence-electron chi connectivity index (χ1n) is 8.70. The summed E-state index contributed by atoms with van der Waals surface area (Å²) >= 11 is 0. The van der Waals surface area contributed by atoms with Crippen LogP contribution < -0.4 is 5.32 Å². The van der Waals surface area contributed by atoms with Gasteiger partial charge in [-0.25, -0.2) is 4.98 Å². The van der Waals surface area contributed by atoms with Gasteiger partial charge in [0.25, 0.3) is 5.91 Å². The average Bonchev–Trinajstić information content (AvgIpc) is 3.23. The van der Waals surface area contributed by atoms with Crippen LogP contribution >= 0.6 is 0 Å². The smallest absolute Gasteiger partial charge is 0.258 e. The molecule has 0 saturated carbocycles. The molecule has 27 heavy (non-hydrogen) atoms. The van der Waals surface area contributed by atoms with Gasteiger partial charge < -0.3 is 14.6 Å². The second-order valence-corrected chi connectivity index (χ2v) is 6.39. The van der Waals surface area contributed by atoms with Crippen molar-refractivity contribution in [2.45, 2.75) is 12.7 Å². The SMILES string of the molecule is O=C1c2ccccc2N[C@H](c2cnc3ccccc3n2)N1Cc1ccco1. The predicted octanol–water partition coefficient (Wildman–Crippen LogP) is 3.99. The largest absolute Gasteiger partial charge is 0.467 e. The van der Waals surface area contributed by atoms with E-state index in [-0.39, 0.29) is 5.91 Å². The van der Waals surface area contributed by atoms with E-state index in [0.717, 1.165) is 16.7 Å². The molecule has 0 saturated heterocycles. The zero-order valence-corrected chi connectivity index (χ0v) is 14.4. The number of furan rings is 1. The zero-order valence-electron chi connectivity index (χ0n) is 14.4. The molecule has 0 fully saturated rings. The number of nitrogens with one attached hydrogen (secondary N) is 1. The molecule has 0 spiro atoms. The number of nitrogens with zero attached hydrogens (tertiary/aromatic N) is 3. The van der Waals surface area contributed by atoms with Crippen LogP contribution in [0.2, 0.25) is 0 Å². The van der Waals surface area contributed by atoms with Crippen LogP contribution in [0.3, 0.4) is 0 Å². The molecular weight excluding hydrogens is 340 g/mol. The van der Waals surface area contributed by atoms with Gasteiger partial charge in [0.15, 0.2) is 0 Å². The molecule has 2 aromatic heterocycles. The van der Waals surface area contributed by atoms with Gasteiger partial charge in [0.1, 0.15) is 17.6 Å². The Labute approximate surface area is 155 Å². The van der Waals surface area contributed by atoms with Crippen LogP contribution in [0.5, 0.6) is 0 Å². The van der Waals surface area contributed by atoms with Crippen molar-refractivity contribution in [2.75, 3.05) is 5.32 Å². The summed E-state index contributed by atoms with van der Waals surface area (Å²) in [5.41, 5.74) is 3.72. The fourth-order valence-corrected chi connectivity index (χ4v) is 3.36. The molecule has 2 aromatic carbocycles. The number of hydrogen-bond acceptors (Lipinski definition) is 5. The van der Waals surface area contributed by atoms with Gasteiger partial charge in [0, 0.05) is 5.69 Å². The summed E-state index contributed by atoms with van der Waals surface area (Å²) in [5.74, 6) is 0.643. The number of carbonyl (C=O) groups excluding carboxylic acids is 1. The Hall–Kier alpha value is -3.67. The van der Waals surface area contributed by atoms with E-state index in [1.54, 1.807) is 17.4 Å². The molecule has 0 radical (unpaired) electrons. The summed E-state index contributed by atoms with van der Waals surface area (Å²) in [6.07, 6.45) is 2.89. The van der Waals surface area contributed by atoms with Crippen molar-refractivity contribution in [3.63, 3.8) is 0 Å². The number of benzene rings is 2. The number of fused-ring (bicyclic) bond motifs is 2. The lowest BCUT2D eigenvalue weighted by Crippen LogP contribution is -2.42. The first-order chi connectivity index (χ1) is 13.3. The monoisotopic (exact) mass is 356 g/mol. The van der Waals surface area contributed by atoms with E-state index in [2.05, 4.69) is 10.3 Å². The summed E-state index contributed by atoms with van der Waals surface area (Å²) in [5, 5.41) is 3.43. The lowest BCUT2D eigenvalue weighted by atomic mass is 10.1. The first-order valence-corrected chi connectivity index (χ1v) is 8.70. The molecular formula is C21H16N4O2. The third-order valence-electron chi connectivity index (χ3n) is 4.68. The highest BCUT2D eigenvalue weighted by atomic mass is 16.3.